The van der Waals surface area contributed by atoms with Crippen LogP contribution in [-0.4, -0.2) is 63.0 Å². The number of imidazole rings is 1. The van der Waals surface area contributed by atoms with Gasteiger partial charge in [0.2, 0.25) is 5.95 Å². The first kappa shape index (κ1) is 27.8. The van der Waals surface area contributed by atoms with Crippen LogP contribution >= 0.6 is 0 Å². The number of halogens is 1. The first-order valence-electron chi connectivity index (χ1n) is 13.7. The highest BCUT2D eigenvalue weighted by Crippen LogP contribution is 2.44. The molecule has 0 bridgehead atoms. The molecule has 5 rings (SSSR count). The second kappa shape index (κ2) is 11.7. The average Bonchev–Trinajstić information content (AvgIpc) is 3.45. The molecule has 3 aromatic rings. The summed E-state index contributed by atoms with van der Waals surface area (Å²) < 4.78 is 35.5. The summed E-state index contributed by atoms with van der Waals surface area (Å²) in [6, 6.07) is 9.03. The van der Waals surface area contributed by atoms with E-state index in [4.69, 9.17) is 19.9 Å². The number of fused-ring (bicyclic) bond motifs is 1. The van der Waals surface area contributed by atoms with E-state index in [9.17, 15) is 9.59 Å². The first-order valence-corrected chi connectivity index (χ1v) is 13.7. The maximum Gasteiger partial charge on any atom is 0.310 e. The molecule has 1 aliphatic carbocycles. The molecule has 4 atom stereocenters. The number of nitrogens with one attached hydrogen (secondary N) is 1. The third-order valence-corrected chi connectivity index (χ3v) is 7.65. The predicted octanol–water partition coefficient (Wildman–Crippen LogP) is 3.74. The zero-order chi connectivity index (χ0) is 28.3. The van der Waals surface area contributed by atoms with Crippen LogP contribution in [0, 0.1) is 5.92 Å². The monoisotopic (exact) mass is 554 g/mol. The quantitative estimate of drug-likeness (QED) is 0.375. The van der Waals surface area contributed by atoms with E-state index in [0.717, 1.165) is 31.2 Å². The lowest BCUT2D eigenvalue weighted by molar-refractivity contribution is -0.161. The van der Waals surface area contributed by atoms with Gasteiger partial charge in [0.05, 0.1) is 12.7 Å². The Hall–Kier alpha value is -3.80. The summed E-state index contributed by atoms with van der Waals surface area (Å²) in [6.45, 7) is 1.02. The highest BCUT2D eigenvalue weighted by molar-refractivity contribution is 5.84. The Labute approximate surface area is 231 Å². The van der Waals surface area contributed by atoms with Crippen molar-refractivity contribution in [3.8, 4) is 0 Å². The molecule has 2 unspecified atom stereocenters. The summed E-state index contributed by atoms with van der Waals surface area (Å²) in [5, 5.41) is 2.90. The standard InChI is InChI=1S/C28H35FN6O5/c1-28(29)23(40-21(37)14-18-11-7-4-8-12-18)19(15-38-20(36)13-17-9-5-3-6-10-17)39-26(28)35-16-32-22-24(31-2)33-27(30)34-25(22)35/h4,7-8,11-12,16-17,19,23,26H,3,5-6,9-10,13-15H2,1-2H3,(H3,30,31,33,34)/t19-,23-,26?,28?/m1/s1. The van der Waals surface area contributed by atoms with Gasteiger partial charge in [-0.25, -0.2) is 9.37 Å². The summed E-state index contributed by atoms with van der Waals surface area (Å²) in [7, 11) is 1.66. The van der Waals surface area contributed by atoms with Gasteiger partial charge in [-0.15, -0.1) is 0 Å². The van der Waals surface area contributed by atoms with Gasteiger partial charge < -0.3 is 25.3 Å². The Balaban J connectivity index is 1.38. The number of nitrogens with zero attached hydrogens (tertiary/aromatic N) is 4. The van der Waals surface area contributed by atoms with Gasteiger partial charge in [-0.05, 0) is 31.2 Å². The molecule has 0 radical (unpaired) electrons. The van der Waals surface area contributed by atoms with E-state index < -0.39 is 30.1 Å². The van der Waals surface area contributed by atoms with Gasteiger partial charge in [0.15, 0.2) is 35.0 Å². The number of ether oxygens (including phenoxy) is 3. The molecule has 0 amide bonds. The van der Waals surface area contributed by atoms with E-state index in [1.807, 2.05) is 18.2 Å². The molecular formula is C28H35FN6O5. The Morgan fingerprint density at radius 3 is 2.65 bits per heavy atom. The molecule has 1 saturated carbocycles. The summed E-state index contributed by atoms with van der Waals surface area (Å²) in [5.74, 6) is -0.369. The molecule has 214 valence electrons. The lowest BCUT2D eigenvalue weighted by Gasteiger charge is -2.27. The Kier molecular flexibility index (Phi) is 8.15. The van der Waals surface area contributed by atoms with Crippen molar-refractivity contribution in [1.29, 1.82) is 0 Å². The van der Waals surface area contributed by atoms with E-state index in [0.29, 0.717) is 17.8 Å². The van der Waals surface area contributed by atoms with Crippen LogP contribution in [0.5, 0.6) is 0 Å². The van der Waals surface area contributed by atoms with Crippen LogP contribution in [-0.2, 0) is 30.2 Å². The van der Waals surface area contributed by atoms with Crippen LogP contribution in [0.15, 0.2) is 36.7 Å². The number of nitrogens with two attached hydrogens (primary N) is 1. The smallest absolute Gasteiger partial charge is 0.310 e. The number of nitrogen functional groups attached to an aromatic ring is 1. The topological polar surface area (TPSA) is 143 Å². The van der Waals surface area contributed by atoms with Crippen molar-refractivity contribution in [2.45, 2.75) is 76.0 Å². The van der Waals surface area contributed by atoms with E-state index >= 15 is 4.39 Å². The number of esters is 2. The zero-order valence-electron chi connectivity index (χ0n) is 22.7. The number of aromatic nitrogens is 4. The molecule has 11 nitrogen and oxygen atoms in total. The van der Waals surface area contributed by atoms with Gasteiger partial charge in [0, 0.05) is 13.5 Å². The minimum Gasteiger partial charge on any atom is -0.463 e. The third kappa shape index (κ3) is 5.86. The lowest BCUT2D eigenvalue weighted by Crippen LogP contribution is -2.44. The van der Waals surface area contributed by atoms with Gasteiger partial charge in [0.25, 0.3) is 0 Å². The molecular weight excluding hydrogens is 519 g/mol. The van der Waals surface area contributed by atoms with Crippen LogP contribution in [0.1, 0.15) is 57.2 Å². The minimum atomic E-state index is -2.24. The summed E-state index contributed by atoms with van der Waals surface area (Å²) in [5.41, 5.74) is 4.99. The summed E-state index contributed by atoms with van der Waals surface area (Å²) in [4.78, 5) is 38.3. The van der Waals surface area contributed by atoms with Crippen LogP contribution in [0.25, 0.3) is 11.2 Å². The summed E-state index contributed by atoms with van der Waals surface area (Å²) >= 11 is 0. The normalized spacial score (nSPS) is 25.1. The van der Waals surface area contributed by atoms with Gasteiger partial charge >= 0.3 is 11.9 Å². The number of benzene rings is 1. The molecule has 2 fully saturated rings. The van der Waals surface area contributed by atoms with E-state index in [1.165, 1.54) is 24.2 Å². The summed E-state index contributed by atoms with van der Waals surface area (Å²) in [6.07, 6.45) is 3.29. The molecule has 0 spiro atoms. The third-order valence-electron chi connectivity index (χ3n) is 7.65. The molecule has 2 aliphatic rings. The number of hydrogen-bond donors (Lipinski definition) is 2. The fraction of sp³-hybridized carbons (Fsp3) is 0.536. The highest BCUT2D eigenvalue weighted by atomic mass is 19.1. The zero-order valence-corrected chi connectivity index (χ0v) is 22.7. The van der Waals surface area contributed by atoms with Crippen molar-refractivity contribution in [1.82, 2.24) is 19.5 Å². The highest BCUT2D eigenvalue weighted by Gasteiger charge is 2.58. The number of carbonyl (C=O) groups is 2. The molecule has 3 heterocycles. The van der Waals surface area contributed by atoms with E-state index in [-0.39, 0.29) is 36.5 Å². The maximum absolute atomic E-state index is 16.7. The lowest BCUT2D eigenvalue weighted by atomic mass is 9.87. The molecule has 1 aromatic carbocycles. The molecule has 40 heavy (non-hydrogen) atoms. The van der Waals surface area contributed by atoms with Crippen molar-refractivity contribution in [3.63, 3.8) is 0 Å². The fourth-order valence-electron chi connectivity index (χ4n) is 5.62. The number of rotatable bonds is 9. The molecule has 2 aromatic heterocycles. The van der Waals surface area contributed by atoms with Crippen LogP contribution < -0.4 is 11.1 Å². The van der Waals surface area contributed by atoms with E-state index in [2.05, 4.69) is 20.3 Å². The second-order valence-corrected chi connectivity index (χ2v) is 10.6. The maximum atomic E-state index is 16.7. The van der Waals surface area contributed by atoms with Gasteiger partial charge in [0.1, 0.15) is 12.7 Å². The van der Waals surface area contributed by atoms with Crippen LogP contribution in [0.2, 0.25) is 0 Å². The van der Waals surface area contributed by atoms with Crippen molar-refractivity contribution in [2.75, 3.05) is 24.7 Å². The minimum absolute atomic E-state index is 0.0313. The van der Waals surface area contributed by atoms with Crippen molar-refractivity contribution in [3.05, 3.63) is 42.2 Å². The molecule has 1 aliphatic heterocycles. The number of alkyl halides is 1. The van der Waals surface area contributed by atoms with Gasteiger partial charge in [-0.2, -0.15) is 9.97 Å². The number of carbonyl (C=O) groups excluding carboxylic acids is 2. The van der Waals surface area contributed by atoms with Crippen molar-refractivity contribution >= 4 is 34.9 Å². The van der Waals surface area contributed by atoms with Crippen LogP contribution in [0.3, 0.4) is 0 Å². The average molecular weight is 555 g/mol. The fourth-order valence-corrected chi connectivity index (χ4v) is 5.62. The van der Waals surface area contributed by atoms with Gasteiger partial charge in [-0.1, -0.05) is 49.6 Å². The van der Waals surface area contributed by atoms with E-state index in [1.54, 1.807) is 19.2 Å². The van der Waals surface area contributed by atoms with Crippen LogP contribution in [0.4, 0.5) is 16.2 Å². The van der Waals surface area contributed by atoms with Gasteiger partial charge in [-0.3, -0.25) is 14.2 Å². The molecule has 3 N–H and O–H groups in total. The molecule has 1 saturated heterocycles. The number of hydrogen-bond acceptors (Lipinski definition) is 10. The Morgan fingerprint density at radius 1 is 1.18 bits per heavy atom. The Bertz CT molecular complexity index is 1340. The Morgan fingerprint density at radius 2 is 1.93 bits per heavy atom. The van der Waals surface area contributed by atoms with Crippen molar-refractivity contribution in [2.24, 2.45) is 5.92 Å². The molecule has 12 heteroatoms. The first-order chi connectivity index (χ1) is 19.3. The van der Waals surface area contributed by atoms with Crippen molar-refractivity contribution < 1.29 is 28.2 Å². The second-order valence-electron chi connectivity index (χ2n) is 10.6. The largest absolute Gasteiger partial charge is 0.463 e. The number of anilines is 2. The predicted molar refractivity (Wildman–Crippen MR) is 145 cm³/mol. The SMILES string of the molecule is CNc1nc(N)nc2c1ncn2C1O[C@H](COC(=O)CC2CCCCC2)[C@@H](OC(=O)Cc2ccccc2)C1(C)F.